The molecule has 1 heterocycles. The predicted molar refractivity (Wildman–Crippen MR) is 65.0 cm³/mol. The molecule has 1 aliphatic rings. The summed E-state index contributed by atoms with van der Waals surface area (Å²) < 4.78 is 0. The Kier molecular flexibility index (Phi) is 3.78. The average Bonchev–Trinajstić information content (AvgIpc) is 2.39. The number of carbonyl (C=O) groups excluding carboxylic acids is 1. The number of piperazine rings is 1. The normalized spacial score (nSPS) is 15.8. The van der Waals surface area contributed by atoms with Gasteiger partial charge in [0.05, 0.1) is 0 Å². The van der Waals surface area contributed by atoms with Gasteiger partial charge in [0.25, 0.3) is 5.91 Å². The van der Waals surface area contributed by atoms with Gasteiger partial charge in [-0.25, -0.2) is 0 Å². The fraction of sp³-hybridized carbons (Fsp3) is 0.364. The van der Waals surface area contributed by atoms with Crippen molar-refractivity contribution < 1.29 is 14.8 Å². The van der Waals surface area contributed by atoms with E-state index in [0.717, 1.165) is 13.1 Å². The predicted octanol–water partition coefficient (Wildman–Crippen LogP) is -1.59. The molecular formula is C11H15BN2O3. The summed E-state index contributed by atoms with van der Waals surface area (Å²) in [6.07, 6.45) is 0. The van der Waals surface area contributed by atoms with Crippen LogP contribution in [-0.4, -0.2) is 54.2 Å². The van der Waals surface area contributed by atoms with E-state index in [9.17, 15) is 4.79 Å². The van der Waals surface area contributed by atoms with Crippen LogP contribution < -0.4 is 10.8 Å². The maximum absolute atomic E-state index is 12.1. The fourth-order valence-electron chi connectivity index (χ4n) is 1.85. The van der Waals surface area contributed by atoms with Crippen molar-refractivity contribution in [1.82, 2.24) is 10.2 Å². The molecule has 0 saturated carbocycles. The SMILES string of the molecule is O=C(c1ccc(B(O)O)cc1)N1CCNCC1. The molecule has 1 amide bonds. The lowest BCUT2D eigenvalue weighted by molar-refractivity contribution is 0.0736. The third kappa shape index (κ3) is 2.85. The van der Waals surface area contributed by atoms with Gasteiger partial charge >= 0.3 is 7.12 Å². The highest BCUT2D eigenvalue weighted by atomic mass is 16.4. The van der Waals surface area contributed by atoms with Crippen LogP contribution in [0.5, 0.6) is 0 Å². The number of nitrogens with zero attached hydrogens (tertiary/aromatic N) is 1. The minimum absolute atomic E-state index is 0.00882. The molecule has 1 saturated heterocycles. The zero-order valence-electron chi connectivity index (χ0n) is 9.47. The molecule has 0 aromatic heterocycles. The molecule has 0 atom stereocenters. The van der Waals surface area contributed by atoms with E-state index in [1.54, 1.807) is 29.2 Å². The minimum Gasteiger partial charge on any atom is -0.423 e. The van der Waals surface area contributed by atoms with E-state index in [-0.39, 0.29) is 5.91 Å². The highest BCUT2D eigenvalue weighted by molar-refractivity contribution is 6.58. The number of amides is 1. The molecule has 6 heteroatoms. The number of hydrogen-bond donors (Lipinski definition) is 3. The molecule has 1 aromatic rings. The van der Waals surface area contributed by atoms with Gasteiger partial charge in [-0.2, -0.15) is 0 Å². The first-order chi connectivity index (χ1) is 8.18. The van der Waals surface area contributed by atoms with Crippen LogP contribution >= 0.6 is 0 Å². The van der Waals surface area contributed by atoms with Crippen molar-refractivity contribution in [3.8, 4) is 0 Å². The Morgan fingerprint density at radius 1 is 1.18 bits per heavy atom. The zero-order chi connectivity index (χ0) is 12.3. The fourth-order valence-corrected chi connectivity index (χ4v) is 1.85. The molecule has 0 aliphatic carbocycles. The van der Waals surface area contributed by atoms with Gasteiger partial charge in [0.1, 0.15) is 0 Å². The van der Waals surface area contributed by atoms with E-state index >= 15 is 0 Å². The zero-order valence-corrected chi connectivity index (χ0v) is 9.47. The van der Waals surface area contributed by atoms with E-state index in [0.29, 0.717) is 24.1 Å². The summed E-state index contributed by atoms with van der Waals surface area (Å²) in [6, 6.07) is 6.36. The van der Waals surface area contributed by atoms with Crippen molar-refractivity contribution >= 4 is 18.5 Å². The second kappa shape index (κ2) is 5.31. The number of carbonyl (C=O) groups is 1. The van der Waals surface area contributed by atoms with Crippen molar-refractivity contribution in [3.63, 3.8) is 0 Å². The summed E-state index contributed by atoms with van der Waals surface area (Å²) in [5.74, 6) is -0.00882. The average molecular weight is 234 g/mol. The molecule has 5 nitrogen and oxygen atoms in total. The number of hydrogen-bond acceptors (Lipinski definition) is 4. The molecule has 1 aliphatic heterocycles. The van der Waals surface area contributed by atoms with E-state index < -0.39 is 7.12 Å². The van der Waals surface area contributed by atoms with Crippen LogP contribution in [0.15, 0.2) is 24.3 Å². The lowest BCUT2D eigenvalue weighted by atomic mass is 9.80. The Bertz CT molecular complexity index is 388. The van der Waals surface area contributed by atoms with Crippen molar-refractivity contribution in [2.45, 2.75) is 0 Å². The standard InChI is InChI=1S/C11H15BN2O3/c15-11(14-7-5-13-6-8-14)9-1-3-10(4-2-9)12(16)17/h1-4,13,16-17H,5-8H2. The Morgan fingerprint density at radius 3 is 2.29 bits per heavy atom. The Morgan fingerprint density at radius 2 is 1.76 bits per heavy atom. The summed E-state index contributed by atoms with van der Waals surface area (Å²) in [5, 5.41) is 21.1. The van der Waals surface area contributed by atoms with Gasteiger partial charge in [0.2, 0.25) is 0 Å². The molecule has 0 spiro atoms. The van der Waals surface area contributed by atoms with Crippen LogP contribution in [0.4, 0.5) is 0 Å². The van der Waals surface area contributed by atoms with Crippen molar-refractivity contribution in [3.05, 3.63) is 29.8 Å². The molecule has 0 unspecified atom stereocenters. The van der Waals surface area contributed by atoms with Crippen molar-refractivity contribution in [2.75, 3.05) is 26.2 Å². The monoisotopic (exact) mass is 234 g/mol. The van der Waals surface area contributed by atoms with Crippen molar-refractivity contribution in [2.24, 2.45) is 0 Å². The quantitative estimate of drug-likeness (QED) is 0.539. The topological polar surface area (TPSA) is 72.8 Å². The first-order valence-corrected chi connectivity index (χ1v) is 5.64. The summed E-state index contributed by atoms with van der Waals surface area (Å²) in [6.45, 7) is 3.06. The minimum atomic E-state index is -1.49. The van der Waals surface area contributed by atoms with Gasteiger partial charge in [0, 0.05) is 31.7 Å². The third-order valence-electron chi connectivity index (χ3n) is 2.86. The van der Waals surface area contributed by atoms with Gasteiger partial charge in [-0.1, -0.05) is 12.1 Å². The molecular weight excluding hydrogens is 219 g/mol. The maximum Gasteiger partial charge on any atom is 0.488 e. The largest absolute Gasteiger partial charge is 0.488 e. The molecule has 0 bridgehead atoms. The molecule has 0 radical (unpaired) electrons. The second-order valence-corrected chi connectivity index (χ2v) is 4.04. The third-order valence-corrected chi connectivity index (χ3v) is 2.86. The van der Waals surface area contributed by atoms with Crippen LogP contribution in [-0.2, 0) is 0 Å². The Labute approximate surface area is 100 Å². The van der Waals surface area contributed by atoms with Gasteiger partial charge in [0.15, 0.2) is 0 Å². The lowest BCUT2D eigenvalue weighted by Gasteiger charge is -2.27. The van der Waals surface area contributed by atoms with Gasteiger partial charge in [-0.05, 0) is 17.6 Å². The van der Waals surface area contributed by atoms with E-state index in [2.05, 4.69) is 5.32 Å². The number of benzene rings is 1. The lowest BCUT2D eigenvalue weighted by Crippen LogP contribution is -2.46. The Hall–Kier alpha value is -1.37. The van der Waals surface area contributed by atoms with E-state index in [1.165, 1.54) is 0 Å². The number of nitrogens with one attached hydrogen (secondary N) is 1. The van der Waals surface area contributed by atoms with Crippen LogP contribution in [0.1, 0.15) is 10.4 Å². The second-order valence-electron chi connectivity index (χ2n) is 4.04. The van der Waals surface area contributed by atoms with Crippen LogP contribution in [0.3, 0.4) is 0 Å². The van der Waals surface area contributed by atoms with E-state index in [1.807, 2.05) is 0 Å². The number of rotatable bonds is 2. The molecule has 17 heavy (non-hydrogen) atoms. The first kappa shape index (κ1) is 12.1. The summed E-state index contributed by atoms with van der Waals surface area (Å²) in [7, 11) is -1.49. The first-order valence-electron chi connectivity index (χ1n) is 5.64. The molecule has 3 N–H and O–H groups in total. The molecule has 1 fully saturated rings. The smallest absolute Gasteiger partial charge is 0.423 e. The summed E-state index contributed by atoms with van der Waals surface area (Å²) in [5.41, 5.74) is 0.971. The molecule has 90 valence electrons. The van der Waals surface area contributed by atoms with Crippen LogP contribution in [0.2, 0.25) is 0 Å². The van der Waals surface area contributed by atoms with Gasteiger partial charge in [-0.3, -0.25) is 4.79 Å². The van der Waals surface area contributed by atoms with Gasteiger partial charge < -0.3 is 20.3 Å². The highest BCUT2D eigenvalue weighted by Crippen LogP contribution is 2.04. The maximum atomic E-state index is 12.1. The molecule has 2 rings (SSSR count). The molecule has 1 aromatic carbocycles. The summed E-state index contributed by atoms with van der Waals surface area (Å²) >= 11 is 0. The van der Waals surface area contributed by atoms with Crippen LogP contribution in [0.25, 0.3) is 0 Å². The van der Waals surface area contributed by atoms with Crippen molar-refractivity contribution in [1.29, 1.82) is 0 Å². The van der Waals surface area contributed by atoms with Crippen LogP contribution in [0, 0.1) is 0 Å². The Balaban J connectivity index is 2.08. The highest BCUT2D eigenvalue weighted by Gasteiger charge is 2.18. The van der Waals surface area contributed by atoms with E-state index in [4.69, 9.17) is 10.0 Å². The summed E-state index contributed by atoms with van der Waals surface area (Å²) in [4.78, 5) is 13.8. The van der Waals surface area contributed by atoms with Gasteiger partial charge in [-0.15, -0.1) is 0 Å².